The number of nitrogen functional groups attached to an aromatic ring is 1. The van der Waals surface area contributed by atoms with Gasteiger partial charge in [0.25, 0.3) is 5.91 Å². The number of fused-ring (bicyclic) bond motifs is 1. The summed E-state index contributed by atoms with van der Waals surface area (Å²) in [7, 11) is 0. The van der Waals surface area contributed by atoms with Gasteiger partial charge in [0.1, 0.15) is 4.88 Å². The summed E-state index contributed by atoms with van der Waals surface area (Å²) < 4.78 is 0. The number of nitrogens with two attached hydrogens (primary N) is 1. The van der Waals surface area contributed by atoms with E-state index in [1.807, 2.05) is 16.3 Å². The van der Waals surface area contributed by atoms with Gasteiger partial charge in [0.2, 0.25) is 0 Å². The van der Waals surface area contributed by atoms with E-state index in [1.54, 1.807) is 0 Å². The second-order valence-electron chi connectivity index (χ2n) is 5.14. The van der Waals surface area contributed by atoms with Crippen molar-refractivity contribution in [3.8, 4) is 0 Å². The van der Waals surface area contributed by atoms with Gasteiger partial charge in [0.05, 0.1) is 5.69 Å². The summed E-state index contributed by atoms with van der Waals surface area (Å²) in [5.74, 6) is 0.122. The van der Waals surface area contributed by atoms with Crippen molar-refractivity contribution < 1.29 is 4.79 Å². The molecule has 0 aliphatic carbocycles. The molecule has 3 rings (SSSR count). The summed E-state index contributed by atoms with van der Waals surface area (Å²) in [6.45, 7) is 4.07. The third kappa shape index (κ3) is 2.12. The molecule has 1 aromatic rings. The molecule has 1 atom stereocenters. The van der Waals surface area contributed by atoms with Crippen LogP contribution in [0.3, 0.4) is 0 Å². The van der Waals surface area contributed by atoms with E-state index in [1.165, 1.54) is 30.7 Å². The molecule has 4 nitrogen and oxygen atoms in total. The van der Waals surface area contributed by atoms with Crippen molar-refractivity contribution in [2.75, 3.05) is 31.9 Å². The Morgan fingerprint density at radius 1 is 1.33 bits per heavy atom. The zero-order chi connectivity index (χ0) is 12.5. The predicted molar refractivity (Wildman–Crippen MR) is 73.8 cm³/mol. The van der Waals surface area contributed by atoms with Crippen LogP contribution in [0.5, 0.6) is 0 Å². The minimum Gasteiger partial charge on any atom is -0.397 e. The molecule has 3 heterocycles. The van der Waals surface area contributed by atoms with Crippen LogP contribution in [-0.4, -0.2) is 47.9 Å². The van der Waals surface area contributed by atoms with E-state index >= 15 is 0 Å². The van der Waals surface area contributed by atoms with Gasteiger partial charge >= 0.3 is 0 Å². The summed E-state index contributed by atoms with van der Waals surface area (Å²) in [6.07, 6.45) is 3.57. The highest BCUT2D eigenvalue weighted by atomic mass is 32.1. The fourth-order valence-electron chi connectivity index (χ4n) is 3.03. The number of carbonyl (C=O) groups excluding carboxylic acids is 1. The first-order chi connectivity index (χ1) is 8.75. The molecule has 98 valence electrons. The number of nitrogens with zero attached hydrogens (tertiary/aromatic N) is 2. The van der Waals surface area contributed by atoms with Crippen LogP contribution in [0.4, 0.5) is 5.69 Å². The van der Waals surface area contributed by atoms with Crippen molar-refractivity contribution >= 4 is 22.9 Å². The Labute approximate surface area is 111 Å². The van der Waals surface area contributed by atoms with Crippen molar-refractivity contribution in [1.29, 1.82) is 0 Å². The van der Waals surface area contributed by atoms with Crippen LogP contribution in [0, 0.1) is 0 Å². The highest BCUT2D eigenvalue weighted by Crippen LogP contribution is 2.25. The quantitative estimate of drug-likeness (QED) is 0.840. The lowest BCUT2D eigenvalue weighted by atomic mass is 10.2. The smallest absolute Gasteiger partial charge is 0.266 e. The molecular weight excluding hydrogens is 246 g/mol. The molecule has 0 saturated carbocycles. The number of rotatable bonds is 1. The monoisotopic (exact) mass is 265 g/mol. The van der Waals surface area contributed by atoms with Crippen LogP contribution in [0.1, 0.15) is 28.9 Å². The Bertz CT molecular complexity index is 445. The molecule has 18 heavy (non-hydrogen) atoms. The summed E-state index contributed by atoms with van der Waals surface area (Å²) in [5, 5.41) is 1.89. The van der Waals surface area contributed by atoms with E-state index in [-0.39, 0.29) is 5.91 Å². The fraction of sp³-hybridized carbons (Fsp3) is 0.615. The van der Waals surface area contributed by atoms with E-state index < -0.39 is 0 Å². The van der Waals surface area contributed by atoms with Gasteiger partial charge in [-0.1, -0.05) is 0 Å². The highest BCUT2D eigenvalue weighted by Gasteiger charge is 2.31. The van der Waals surface area contributed by atoms with Crippen LogP contribution < -0.4 is 5.73 Å². The molecule has 0 spiro atoms. The Kier molecular flexibility index (Phi) is 3.26. The van der Waals surface area contributed by atoms with Gasteiger partial charge in [-0.25, -0.2) is 0 Å². The largest absolute Gasteiger partial charge is 0.397 e. The summed E-state index contributed by atoms with van der Waals surface area (Å²) in [4.78, 5) is 17.7. The number of amides is 1. The van der Waals surface area contributed by atoms with E-state index in [0.717, 1.165) is 26.1 Å². The first-order valence-corrected chi connectivity index (χ1v) is 7.50. The van der Waals surface area contributed by atoms with Gasteiger partial charge in [0.15, 0.2) is 0 Å². The number of hydrogen-bond donors (Lipinski definition) is 1. The fourth-order valence-corrected chi connectivity index (χ4v) is 3.81. The second-order valence-corrected chi connectivity index (χ2v) is 6.06. The van der Waals surface area contributed by atoms with Crippen LogP contribution in [0.2, 0.25) is 0 Å². The van der Waals surface area contributed by atoms with Gasteiger partial charge in [-0.2, -0.15) is 0 Å². The third-order valence-corrected chi connectivity index (χ3v) is 4.90. The Morgan fingerprint density at radius 2 is 2.17 bits per heavy atom. The molecule has 2 aliphatic rings. The molecule has 0 aromatic carbocycles. The average molecular weight is 265 g/mol. The third-order valence-electron chi connectivity index (χ3n) is 3.98. The van der Waals surface area contributed by atoms with Crippen molar-refractivity contribution in [2.24, 2.45) is 0 Å². The maximum atomic E-state index is 12.5. The van der Waals surface area contributed by atoms with Gasteiger partial charge in [-0.3, -0.25) is 9.69 Å². The van der Waals surface area contributed by atoms with E-state index in [4.69, 9.17) is 5.73 Å². The maximum Gasteiger partial charge on any atom is 0.266 e. The molecule has 0 radical (unpaired) electrons. The van der Waals surface area contributed by atoms with Crippen LogP contribution >= 0.6 is 11.3 Å². The molecule has 5 heteroatoms. The SMILES string of the molecule is Nc1ccsc1C(=O)N1CCCN2CCCC2C1. The minimum absolute atomic E-state index is 0.122. The minimum atomic E-state index is 0.122. The van der Waals surface area contributed by atoms with Gasteiger partial charge in [0, 0.05) is 25.7 Å². The molecule has 1 amide bonds. The Morgan fingerprint density at radius 3 is 2.94 bits per heavy atom. The molecule has 1 aromatic heterocycles. The van der Waals surface area contributed by atoms with Crippen molar-refractivity contribution in [3.63, 3.8) is 0 Å². The summed E-state index contributed by atoms with van der Waals surface area (Å²) >= 11 is 1.45. The number of hydrogen-bond acceptors (Lipinski definition) is 4. The number of carbonyl (C=O) groups is 1. The number of thiophene rings is 1. The standard InChI is InChI=1S/C13H19N3OS/c14-11-4-8-18-12(11)13(17)16-7-2-6-15-5-1-3-10(15)9-16/h4,8,10H,1-3,5-7,9,14H2. The van der Waals surface area contributed by atoms with Crippen molar-refractivity contribution in [1.82, 2.24) is 9.80 Å². The van der Waals surface area contributed by atoms with Crippen LogP contribution in [0.15, 0.2) is 11.4 Å². The first-order valence-electron chi connectivity index (χ1n) is 6.62. The van der Waals surface area contributed by atoms with Crippen LogP contribution in [0.25, 0.3) is 0 Å². The first kappa shape index (κ1) is 12.0. The normalized spacial score (nSPS) is 24.9. The predicted octanol–water partition coefficient (Wildman–Crippen LogP) is 1.64. The van der Waals surface area contributed by atoms with Gasteiger partial charge in [-0.15, -0.1) is 11.3 Å². The topological polar surface area (TPSA) is 49.6 Å². The Balaban J connectivity index is 1.75. The van der Waals surface area contributed by atoms with Crippen molar-refractivity contribution in [2.45, 2.75) is 25.3 Å². The average Bonchev–Trinajstić information content (AvgIpc) is 2.93. The lowest BCUT2D eigenvalue weighted by Gasteiger charge is -2.25. The van der Waals surface area contributed by atoms with E-state index in [0.29, 0.717) is 16.6 Å². The molecule has 2 N–H and O–H groups in total. The molecule has 2 aliphatic heterocycles. The lowest BCUT2D eigenvalue weighted by Crippen LogP contribution is -2.39. The Hall–Kier alpha value is -1.07. The van der Waals surface area contributed by atoms with E-state index in [9.17, 15) is 4.79 Å². The molecule has 2 fully saturated rings. The van der Waals surface area contributed by atoms with E-state index in [2.05, 4.69) is 4.90 Å². The molecule has 2 saturated heterocycles. The van der Waals surface area contributed by atoms with Gasteiger partial charge in [-0.05, 0) is 37.3 Å². The summed E-state index contributed by atoms with van der Waals surface area (Å²) in [6, 6.07) is 2.38. The maximum absolute atomic E-state index is 12.5. The highest BCUT2D eigenvalue weighted by molar-refractivity contribution is 7.12. The molecule has 1 unspecified atom stereocenters. The van der Waals surface area contributed by atoms with Crippen LogP contribution in [-0.2, 0) is 0 Å². The zero-order valence-electron chi connectivity index (χ0n) is 10.5. The zero-order valence-corrected chi connectivity index (χ0v) is 11.3. The number of anilines is 1. The molecule has 0 bridgehead atoms. The van der Waals surface area contributed by atoms with Gasteiger partial charge < -0.3 is 10.6 Å². The lowest BCUT2D eigenvalue weighted by molar-refractivity contribution is 0.0749. The molecular formula is C13H19N3OS. The second kappa shape index (κ2) is 4.90. The van der Waals surface area contributed by atoms with Crippen molar-refractivity contribution in [3.05, 3.63) is 16.3 Å². The summed E-state index contributed by atoms with van der Waals surface area (Å²) in [5.41, 5.74) is 6.47.